The Labute approximate surface area is 176 Å². The van der Waals surface area contributed by atoms with E-state index in [0.29, 0.717) is 38.0 Å². The van der Waals surface area contributed by atoms with Crippen LogP contribution in [0.2, 0.25) is 0 Å². The van der Waals surface area contributed by atoms with Crippen LogP contribution in [-0.4, -0.2) is 101 Å². The van der Waals surface area contributed by atoms with E-state index < -0.39 is 30.7 Å². The van der Waals surface area contributed by atoms with Crippen LogP contribution in [0.5, 0.6) is 0 Å². The molecular formula is C19H35N3O8. The lowest BCUT2D eigenvalue weighted by Crippen LogP contribution is -2.58. The van der Waals surface area contributed by atoms with Crippen molar-refractivity contribution in [3.05, 3.63) is 11.9 Å². The number of ether oxygens (including phenoxy) is 5. The molecule has 0 saturated carbocycles. The number of rotatable bonds is 14. The van der Waals surface area contributed by atoms with Crippen LogP contribution in [0, 0.1) is 5.92 Å². The average molecular weight is 434 g/mol. The maximum Gasteiger partial charge on any atom is 0.186 e. The SMILES string of the molecule is CO[C@H]1O[C@H](Cn2cc(COCCOCCOCCC(C)C)nn2)[C@@H](O)[C@H](O)[C@H]1O. The Morgan fingerprint density at radius 2 is 1.67 bits per heavy atom. The van der Waals surface area contributed by atoms with E-state index in [1.807, 2.05) is 0 Å². The topological polar surface area (TPSA) is 138 Å². The molecule has 2 heterocycles. The van der Waals surface area contributed by atoms with Crippen molar-refractivity contribution in [2.75, 3.05) is 40.1 Å². The summed E-state index contributed by atoms with van der Waals surface area (Å²) in [5.74, 6) is 0.638. The number of hydrogen-bond donors (Lipinski definition) is 3. The summed E-state index contributed by atoms with van der Waals surface area (Å²) < 4.78 is 28.4. The van der Waals surface area contributed by atoms with Gasteiger partial charge in [0.05, 0.1) is 45.8 Å². The molecule has 0 amide bonds. The quantitative estimate of drug-likeness (QED) is 0.324. The first-order chi connectivity index (χ1) is 14.4. The molecule has 0 aliphatic carbocycles. The lowest BCUT2D eigenvalue weighted by molar-refractivity contribution is -0.292. The minimum Gasteiger partial charge on any atom is -0.388 e. The number of aliphatic hydroxyl groups is 3. The molecule has 30 heavy (non-hydrogen) atoms. The second-order valence-electron chi connectivity index (χ2n) is 7.64. The van der Waals surface area contributed by atoms with E-state index in [-0.39, 0.29) is 13.2 Å². The summed E-state index contributed by atoms with van der Waals surface area (Å²) in [6, 6.07) is 0. The van der Waals surface area contributed by atoms with Crippen molar-refractivity contribution < 1.29 is 39.0 Å². The van der Waals surface area contributed by atoms with Crippen molar-refractivity contribution >= 4 is 0 Å². The Hall–Kier alpha value is -1.18. The summed E-state index contributed by atoms with van der Waals surface area (Å²) >= 11 is 0. The number of aliphatic hydroxyl groups excluding tert-OH is 3. The van der Waals surface area contributed by atoms with Gasteiger partial charge >= 0.3 is 0 Å². The van der Waals surface area contributed by atoms with Crippen LogP contribution in [0.1, 0.15) is 26.0 Å². The molecule has 0 radical (unpaired) electrons. The first-order valence-corrected chi connectivity index (χ1v) is 10.3. The molecule has 0 bridgehead atoms. The zero-order valence-electron chi connectivity index (χ0n) is 17.9. The molecule has 2 rings (SSSR count). The highest BCUT2D eigenvalue weighted by Gasteiger charge is 2.44. The Morgan fingerprint density at radius 1 is 1.00 bits per heavy atom. The van der Waals surface area contributed by atoms with Crippen molar-refractivity contribution in [3.63, 3.8) is 0 Å². The fourth-order valence-electron chi connectivity index (χ4n) is 2.88. The van der Waals surface area contributed by atoms with Crippen LogP contribution in [0.15, 0.2) is 6.20 Å². The molecule has 1 aliphatic rings. The van der Waals surface area contributed by atoms with Crippen LogP contribution >= 0.6 is 0 Å². The molecule has 1 aliphatic heterocycles. The minimum absolute atomic E-state index is 0.137. The van der Waals surface area contributed by atoms with E-state index in [2.05, 4.69) is 24.2 Å². The van der Waals surface area contributed by atoms with E-state index in [4.69, 9.17) is 23.7 Å². The zero-order chi connectivity index (χ0) is 21.9. The van der Waals surface area contributed by atoms with Gasteiger partial charge in [-0.1, -0.05) is 19.1 Å². The average Bonchev–Trinajstić information content (AvgIpc) is 3.16. The van der Waals surface area contributed by atoms with Crippen LogP contribution in [0.3, 0.4) is 0 Å². The van der Waals surface area contributed by atoms with E-state index in [9.17, 15) is 15.3 Å². The molecule has 1 saturated heterocycles. The standard InChI is InChI=1S/C19H35N3O8/c1-13(2)4-5-27-6-7-28-8-9-29-12-14-10-22(21-20-14)11-15-16(23)17(24)18(25)19(26-3)30-15/h10,13,15-19,23-25H,4-9,11-12H2,1-3H3/t15-,16-,17+,18-,19+/m1/s1. The number of methoxy groups -OCH3 is 1. The van der Waals surface area contributed by atoms with Gasteiger partial charge in [0.15, 0.2) is 6.29 Å². The van der Waals surface area contributed by atoms with E-state index >= 15 is 0 Å². The van der Waals surface area contributed by atoms with Crippen molar-refractivity contribution in [1.82, 2.24) is 15.0 Å². The second kappa shape index (κ2) is 13.3. The molecule has 0 aromatic carbocycles. The van der Waals surface area contributed by atoms with Gasteiger partial charge in [-0.3, -0.25) is 0 Å². The maximum atomic E-state index is 10.1. The summed E-state index contributed by atoms with van der Waals surface area (Å²) in [6.45, 7) is 7.47. The fourth-order valence-corrected chi connectivity index (χ4v) is 2.88. The van der Waals surface area contributed by atoms with E-state index in [1.165, 1.54) is 11.8 Å². The third-order valence-electron chi connectivity index (χ3n) is 4.69. The van der Waals surface area contributed by atoms with Crippen molar-refractivity contribution in [1.29, 1.82) is 0 Å². The van der Waals surface area contributed by atoms with E-state index in [0.717, 1.165) is 13.0 Å². The minimum atomic E-state index is -1.37. The first kappa shape index (κ1) is 25.1. The second-order valence-corrected chi connectivity index (χ2v) is 7.64. The molecule has 1 aromatic heterocycles. The molecule has 0 unspecified atom stereocenters. The highest BCUT2D eigenvalue weighted by atomic mass is 16.7. The fraction of sp³-hybridized carbons (Fsp3) is 0.895. The third-order valence-corrected chi connectivity index (χ3v) is 4.69. The lowest BCUT2D eigenvalue weighted by Gasteiger charge is -2.39. The van der Waals surface area contributed by atoms with Gasteiger partial charge in [-0.25, -0.2) is 4.68 Å². The van der Waals surface area contributed by atoms with Crippen LogP contribution in [0.4, 0.5) is 0 Å². The van der Waals surface area contributed by atoms with Crippen molar-refractivity contribution in [2.24, 2.45) is 5.92 Å². The van der Waals surface area contributed by atoms with Crippen LogP contribution < -0.4 is 0 Å². The Kier molecular flexibility index (Phi) is 11.1. The Bertz CT molecular complexity index is 586. The van der Waals surface area contributed by atoms with Gasteiger partial charge in [0.2, 0.25) is 0 Å². The molecule has 174 valence electrons. The van der Waals surface area contributed by atoms with Gasteiger partial charge in [-0.05, 0) is 12.3 Å². The highest BCUT2D eigenvalue weighted by molar-refractivity contribution is 4.93. The Morgan fingerprint density at radius 3 is 2.33 bits per heavy atom. The van der Waals surface area contributed by atoms with Gasteiger partial charge in [-0.2, -0.15) is 0 Å². The summed E-state index contributed by atoms with van der Waals surface area (Å²) in [4.78, 5) is 0. The predicted octanol–water partition coefficient (Wildman–Crippen LogP) is -0.672. The van der Waals surface area contributed by atoms with Gasteiger partial charge in [0.1, 0.15) is 30.1 Å². The van der Waals surface area contributed by atoms with Crippen LogP contribution in [-0.2, 0) is 36.8 Å². The molecule has 5 atom stereocenters. The third kappa shape index (κ3) is 8.16. The van der Waals surface area contributed by atoms with Gasteiger partial charge in [0, 0.05) is 13.7 Å². The highest BCUT2D eigenvalue weighted by Crippen LogP contribution is 2.22. The summed E-state index contributed by atoms with van der Waals surface area (Å²) in [6.07, 6.45) is -3.10. The van der Waals surface area contributed by atoms with Gasteiger partial charge in [0.25, 0.3) is 0 Å². The summed E-state index contributed by atoms with van der Waals surface area (Å²) in [5, 5.41) is 37.8. The monoisotopic (exact) mass is 433 g/mol. The molecule has 11 heteroatoms. The van der Waals surface area contributed by atoms with Crippen molar-refractivity contribution in [3.8, 4) is 0 Å². The summed E-state index contributed by atoms with van der Waals surface area (Å²) in [5.41, 5.74) is 0.612. The molecule has 11 nitrogen and oxygen atoms in total. The number of hydrogen-bond acceptors (Lipinski definition) is 10. The Balaban J connectivity index is 1.60. The van der Waals surface area contributed by atoms with Crippen LogP contribution in [0.25, 0.3) is 0 Å². The maximum absolute atomic E-state index is 10.1. The molecule has 0 spiro atoms. The van der Waals surface area contributed by atoms with Gasteiger partial charge < -0.3 is 39.0 Å². The van der Waals surface area contributed by atoms with Gasteiger partial charge in [-0.15, -0.1) is 5.10 Å². The predicted molar refractivity (Wildman–Crippen MR) is 104 cm³/mol. The number of aromatic nitrogens is 3. The molecule has 1 aromatic rings. The van der Waals surface area contributed by atoms with Crippen molar-refractivity contribution in [2.45, 2.75) is 64.1 Å². The molecule has 3 N–H and O–H groups in total. The number of nitrogens with zero attached hydrogens (tertiary/aromatic N) is 3. The smallest absolute Gasteiger partial charge is 0.186 e. The molecular weight excluding hydrogens is 398 g/mol. The first-order valence-electron chi connectivity index (χ1n) is 10.3. The lowest BCUT2D eigenvalue weighted by atomic mass is 9.99. The van der Waals surface area contributed by atoms with E-state index in [1.54, 1.807) is 6.20 Å². The zero-order valence-corrected chi connectivity index (χ0v) is 17.9. The molecule has 1 fully saturated rings. The largest absolute Gasteiger partial charge is 0.388 e. The summed E-state index contributed by atoms with van der Waals surface area (Å²) in [7, 11) is 1.35. The normalized spacial score (nSPS) is 27.1.